The summed E-state index contributed by atoms with van der Waals surface area (Å²) in [6, 6.07) is 8.65. The van der Waals surface area contributed by atoms with Crippen LogP contribution in [0.1, 0.15) is 39.2 Å². The summed E-state index contributed by atoms with van der Waals surface area (Å²) < 4.78 is 15.9. The first-order chi connectivity index (χ1) is 12.3. The standard InChI is InChI=1S/C19H23NO6/c1-19(2,3)26-18(23)20-15-13(9-10-14(15)25-17(20)22)16(21)24-11-12-7-5-4-6-8-12/h4-8,13-15H,9-11H2,1-3H3/t13?,14-,15+/m1/s1. The normalized spacial score (nSPS) is 24.8. The van der Waals surface area contributed by atoms with E-state index in [0.29, 0.717) is 12.8 Å². The molecule has 7 nitrogen and oxygen atoms in total. The van der Waals surface area contributed by atoms with Gasteiger partial charge in [-0.1, -0.05) is 30.3 Å². The van der Waals surface area contributed by atoms with E-state index < -0.39 is 41.8 Å². The van der Waals surface area contributed by atoms with Gasteiger partial charge in [0, 0.05) is 0 Å². The van der Waals surface area contributed by atoms with Crippen LogP contribution < -0.4 is 0 Å². The van der Waals surface area contributed by atoms with Gasteiger partial charge in [-0.05, 0) is 39.2 Å². The molecule has 0 radical (unpaired) electrons. The Bertz CT molecular complexity index is 696. The fraction of sp³-hybridized carbons (Fsp3) is 0.526. The minimum Gasteiger partial charge on any atom is -0.461 e. The third kappa shape index (κ3) is 3.81. The predicted molar refractivity (Wildman–Crippen MR) is 91.1 cm³/mol. The van der Waals surface area contributed by atoms with Gasteiger partial charge in [0.05, 0.1) is 12.0 Å². The number of benzene rings is 1. The van der Waals surface area contributed by atoms with Crippen molar-refractivity contribution in [2.75, 3.05) is 0 Å². The van der Waals surface area contributed by atoms with Crippen molar-refractivity contribution in [1.82, 2.24) is 4.90 Å². The molecule has 1 heterocycles. The van der Waals surface area contributed by atoms with Crippen LogP contribution in [-0.2, 0) is 25.6 Å². The van der Waals surface area contributed by atoms with E-state index in [9.17, 15) is 14.4 Å². The highest BCUT2D eigenvalue weighted by atomic mass is 16.6. The molecule has 3 rings (SSSR count). The summed E-state index contributed by atoms with van der Waals surface area (Å²) in [5.41, 5.74) is 0.121. The maximum atomic E-state index is 12.6. The lowest BCUT2D eigenvalue weighted by Gasteiger charge is -2.27. The molecule has 0 N–H and O–H groups in total. The van der Waals surface area contributed by atoms with E-state index in [1.165, 1.54) is 0 Å². The Balaban J connectivity index is 1.69. The van der Waals surface area contributed by atoms with E-state index in [1.54, 1.807) is 20.8 Å². The maximum absolute atomic E-state index is 12.6. The van der Waals surface area contributed by atoms with Crippen molar-refractivity contribution in [3.05, 3.63) is 35.9 Å². The molecular weight excluding hydrogens is 338 g/mol. The zero-order valence-electron chi connectivity index (χ0n) is 15.1. The smallest absolute Gasteiger partial charge is 0.420 e. The second kappa shape index (κ2) is 6.97. The zero-order chi connectivity index (χ0) is 18.9. The molecule has 7 heteroatoms. The lowest BCUT2D eigenvalue weighted by molar-refractivity contribution is -0.151. The van der Waals surface area contributed by atoms with Gasteiger partial charge in [-0.2, -0.15) is 0 Å². The number of ether oxygens (including phenoxy) is 3. The third-order valence-corrected chi connectivity index (χ3v) is 4.42. The van der Waals surface area contributed by atoms with E-state index in [4.69, 9.17) is 14.2 Å². The second-order valence-corrected chi connectivity index (χ2v) is 7.54. The van der Waals surface area contributed by atoms with Gasteiger partial charge >= 0.3 is 18.2 Å². The molecule has 0 spiro atoms. The van der Waals surface area contributed by atoms with Crippen LogP contribution in [0.5, 0.6) is 0 Å². The van der Waals surface area contributed by atoms with Crippen molar-refractivity contribution in [1.29, 1.82) is 0 Å². The van der Waals surface area contributed by atoms with Crippen LogP contribution in [-0.4, -0.2) is 40.8 Å². The van der Waals surface area contributed by atoms with Crippen LogP contribution in [0.2, 0.25) is 0 Å². The lowest BCUT2D eigenvalue weighted by atomic mass is 10.0. The number of nitrogens with zero attached hydrogens (tertiary/aromatic N) is 1. The minimum atomic E-state index is -0.794. The summed E-state index contributed by atoms with van der Waals surface area (Å²) in [6.45, 7) is 5.28. The summed E-state index contributed by atoms with van der Waals surface area (Å²) in [4.78, 5) is 38.0. The van der Waals surface area contributed by atoms with Crippen molar-refractivity contribution in [2.45, 2.75) is 58.0 Å². The highest BCUT2D eigenvalue weighted by Gasteiger charge is 2.56. The molecule has 2 amide bonds. The van der Waals surface area contributed by atoms with Gasteiger partial charge in [0.1, 0.15) is 18.3 Å². The molecule has 2 fully saturated rings. The topological polar surface area (TPSA) is 82.1 Å². The van der Waals surface area contributed by atoms with Crippen LogP contribution in [0.15, 0.2) is 30.3 Å². The van der Waals surface area contributed by atoms with Gasteiger partial charge in [-0.15, -0.1) is 0 Å². The summed E-state index contributed by atoms with van der Waals surface area (Å²) in [6.07, 6.45) is -1.05. The Morgan fingerprint density at radius 2 is 1.88 bits per heavy atom. The summed E-state index contributed by atoms with van der Waals surface area (Å²) in [5.74, 6) is -1.05. The maximum Gasteiger partial charge on any atom is 0.420 e. The highest BCUT2D eigenvalue weighted by molar-refractivity contribution is 5.91. The van der Waals surface area contributed by atoms with Gasteiger partial charge in [-0.3, -0.25) is 4.79 Å². The Kier molecular flexibility index (Phi) is 4.89. The quantitative estimate of drug-likeness (QED) is 0.607. The average molecular weight is 361 g/mol. The highest BCUT2D eigenvalue weighted by Crippen LogP contribution is 2.39. The lowest BCUT2D eigenvalue weighted by Crippen LogP contribution is -2.47. The van der Waals surface area contributed by atoms with E-state index in [1.807, 2.05) is 30.3 Å². The second-order valence-electron chi connectivity index (χ2n) is 7.54. The van der Waals surface area contributed by atoms with Crippen LogP contribution in [0.4, 0.5) is 9.59 Å². The summed E-state index contributed by atoms with van der Waals surface area (Å²) >= 11 is 0. The van der Waals surface area contributed by atoms with Crippen LogP contribution in [0, 0.1) is 5.92 Å². The molecule has 1 aliphatic carbocycles. The van der Waals surface area contributed by atoms with Crippen molar-refractivity contribution in [3.8, 4) is 0 Å². The molecule has 1 aromatic carbocycles. The van der Waals surface area contributed by atoms with E-state index in [-0.39, 0.29) is 6.61 Å². The summed E-state index contributed by atoms with van der Waals surface area (Å²) in [7, 11) is 0. The first-order valence-corrected chi connectivity index (χ1v) is 8.69. The first kappa shape index (κ1) is 18.2. The molecule has 1 aliphatic heterocycles. The number of carbonyl (C=O) groups is 3. The fourth-order valence-electron chi connectivity index (χ4n) is 3.33. The molecule has 26 heavy (non-hydrogen) atoms. The number of rotatable bonds is 3. The Hall–Kier alpha value is -2.57. The Labute approximate surface area is 152 Å². The Morgan fingerprint density at radius 1 is 1.19 bits per heavy atom. The third-order valence-electron chi connectivity index (χ3n) is 4.42. The fourth-order valence-corrected chi connectivity index (χ4v) is 3.33. The minimum absolute atomic E-state index is 0.148. The molecule has 140 valence electrons. The van der Waals surface area contributed by atoms with E-state index in [0.717, 1.165) is 10.5 Å². The molecule has 1 aromatic rings. The largest absolute Gasteiger partial charge is 0.461 e. The van der Waals surface area contributed by atoms with Crippen molar-refractivity contribution < 1.29 is 28.6 Å². The zero-order valence-corrected chi connectivity index (χ0v) is 15.1. The van der Waals surface area contributed by atoms with Gasteiger partial charge in [0.15, 0.2) is 0 Å². The van der Waals surface area contributed by atoms with E-state index >= 15 is 0 Å². The monoisotopic (exact) mass is 361 g/mol. The van der Waals surface area contributed by atoms with Crippen LogP contribution >= 0.6 is 0 Å². The molecule has 1 saturated carbocycles. The predicted octanol–water partition coefficient (Wildman–Crippen LogP) is 3.26. The summed E-state index contributed by atoms with van der Waals surface area (Å²) in [5, 5.41) is 0. The van der Waals surface area contributed by atoms with Crippen LogP contribution in [0.3, 0.4) is 0 Å². The molecule has 1 unspecified atom stereocenters. The molecule has 3 atom stereocenters. The number of hydrogen-bond acceptors (Lipinski definition) is 6. The molecule has 1 saturated heterocycles. The van der Waals surface area contributed by atoms with Crippen molar-refractivity contribution in [2.24, 2.45) is 5.92 Å². The number of hydrogen-bond donors (Lipinski definition) is 0. The average Bonchev–Trinajstić information content (AvgIpc) is 3.09. The molecule has 0 aromatic heterocycles. The van der Waals surface area contributed by atoms with Gasteiger partial charge in [0.25, 0.3) is 0 Å². The van der Waals surface area contributed by atoms with Gasteiger partial charge < -0.3 is 14.2 Å². The van der Waals surface area contributed by atoms with Crippen molar-refractivity contribution in [3.63, 3.8) is 0 Å². The van der Waals surface area contributed by atoms with Gasteiger partial charge in [-0.25, -0.2) is 14.5 Å². The number of carbonyl (C=O) groups excluding carboxylic acids is 3. The van der Waals surface area contributed by atoms with E-state index in [2.05, 4.69) is 0 Å². The number of imide groups is 1. The SMILES string of the molecule is CC(C)(C)OC(=O)N1C(=O)O[C@@H]2CCC(C(=O)OCc3ccccc3)[C@@H]21. The molecule has 0 bridgehead atoms. The van der Waals surface area contributed by atoms with Crippen molar-refractivity contribution >= 4 is 18.2 Å². The first-order valence-electron chi connectivity index (χ1n) is 8.69. The van der Waals surface area contributed by atoms with Crippen LogP contribution in [0.25, 0.3) is 0 Å². The number of fused-ring (bicyclic) bond motifs is 1. The molecule has 2 aliphatic rings. The number of esters is 1. The molecular formula is C19H23NO6. The Morgan fingerprint density at radius 3 is 2.54 bits per heavy atom. The van der Waals surface area contributed by atoms with Gasteiger partial charge in [0.2, 0.25) is 0 Å². The number of amides is 2.